The van der Waals surface area contributed by atoms with E-state index in [0.29, 0.717) is 17.9 Å². The zero-order valence-electron chi connectivity index (χ0n) is 11.1. The van der Waals surface area contributed by atoms with E-state index < -0.39 is 0 Å². The van der Waals surface area contributed by atoms with Crippen LogP contribution < -0.4 is 5.32 Å². The maximum Gasteiger partial charge on any atom is 0.115 e. The van der Waals surface area contributed by atoms with Gasteiger partial charge in [-0.1, -0.05) is 19.1 Å². The van der Waals surface area contributed by atoms with Gasteiger partial charge < -0.3 is 15.2 Å². The lowest BCUT2D eigenvalue weighted by molar-refractivity contribution is 0.103. The minimum absolute atomic E-state index is 0.327. The molecule has 0 aromatic heterocycles. The molecule has 2 unspecified atom stereocenters. The number of hydrogen-bond acceptors (Lipinski definition) is 3. The number of benzene rings is 1. The molecule has 1 aromatic carbocycles. The zero-order valence-corrected chi connectivity index (χ0v) is 11.1. The molecule has 0 bridgehead atoms. The van der Waals surface area contributed by atoms with Crippen molar-refractivity contribution in [1.82, 2.24) is 5.32 Å². The average molecular weight is 249 g/mol. The molecule has 1 aromatic rings. The molecular weight excluding hydrogens is 226 g/mol. The molecule has 2 N–H and O–H groups in total. The molecule has 2 atom stereocenters. The molecule has 2 rings (SSSR count). The number of aromatic hydroxyl groups is 1. The van der Waals surface area contributed by atoms with Gasteiger partial charge in [0.05, 0.1) is 6.10 Å². The highest BCUT2D eigenvalue weighted by atomic mass is 16.5. The minimum Gasteiger partial charge on any atom is -0.508 e. The maximum atomic E-state index is 9.29. The summed E-state index contributed by atoms with van der Waals surface area (Å²) in [5, 5.41) is 12.9. The summed E-state index contributed by atoms with van der Waals surface area (Å²) in [5.41, 5.74) is 1.24. The maximum absolute atomic E-state index is 9.29. The Hall–Kier alpha value is -1.06. The first-order valence-corrected chi connectivity index (χ1v) is 6.93. The Balaban J connectivity index is 1.79. The minimum atomic E-state index is 0.327. The summed E-state index contributed by atoms with van der Waals surface area (Å²) in [6, 6.07) is 7.84. The molecule has 18 heavy (non-hydrogen) atoms. The summed E-state index contributed by atoms with van der Waals surface area (Å²) in [7, 11) is 0. The Morgan fingerprint density at radius 3 is 2.78 bits per heavy atom. The smallest absolute Gasteiger partial charge is 0.115 e. The SMILES string of the molecule is CCC(NCCC1CCCO1)c1ccc(O)cc1. The van der Waals surface area contributed by atoms with Gasteiger partial charge in [0.2, 0.25) is 0 Å². The van der Waals surface area contributed by atoms with Crippen molar-refractivity contribution in [3.05, 3.63) is 29.8 Å². The lowest BCUT2D eigenvalue weighted by Gasteiger charge is -2.18. The summed E-state index contributed by atoms with van der Waals surface area (Å²) in [6.07, 6.45) is 5.01. The molecule has 0 amide bonds. The Bertz CT molecular complexity index is 344. The Morgan fingerprint density at radius 2 is 2.17 bits per heavy atom. The highest BCUT2D eigenvalue weighted by molar-refractivity contribution is 5.27. The van der Waals surface area contributed by atoms with E-state index in [1.807, 2.05) is 12.1 Å². The number of rotatable bonds is 6. The van der Waals surface area contributed by atoms with Crippen LogP contribution in [-0.2, 0) is 4.74 Å². The van der Waals surface area contributed by atoms with Crippen LogP contribution in [0, 0.1) is 0 Å². The van der Waals surface area contributed by atoms with Gasteiger partial charge in [-0.2, -0.15) is 0 Å². The van der Waals surface area contributed by atoms with Gasteiger partial charge in [-0.25, -0.2) is 0 Å². The number of phenolic OH excluding ortho intramolecular Hbond substituents is 1. The molecule has 1 fully saturated rings. The van der Waals surface area contributed by atoms with Crippen LogP contribution in [0.1, 0.15) is 44.2 Å². The largest absolute Gasteiger partial charge is 0.508 e. The summed E-state index contributed by atoms with van der Waals surface area (Å²) in [6.45, 7) is 4.10. The normalized spacial score (nSPS) is 21.1. The van der Waals surface area contributed by atoms with Crippen molar-refractivity contribution in [2.75, 3.05) is 13.2 Å². The molecule has 0 radical (unpaired) electrons. The van der Waals surface area contributed by atoms with Crippen LogP contribution in [-0.4, -0.2) is 24.4 Å². The summed E-state index contributed by atoms with van der Waals surface area (Å²) >= 11 is 0. The highest BCUT2D eigenvalue weighted by Gasteiger charge is 2.15. The van der Waals surface area contributed by atoms with Gasteiger partial charge >= 0.3 is 0 Å². The van der Waals surface area contributed by atoms with Crippen molar-refractivity contribution >= 4 is 0 Å². The number of phenols is 1. The van der Waals surface area contributed by atoms with Crippen LogP contribution >= 0.6 is 0 Å². The number of nitrogens with one attached hydrogen (secondary N) is 1. The van der Waals surface area contributed by atoms with E-state index in [1.165, 1.54) is 18.4 Å². The fourth-order valence-electron chi connectivity index (χ4n) is 2.50. The Labute approximate surface area is 109 Å². The van der Waals surface area contributed by atoms with Gasteiger partial charge in [0, 0.05) is 12.6 Å². The third-order valence-corrected chi connectivity index (χ3v) is 3.58. The molecule has 1 aliphatic rings. The molecule has 3 heteroatoms. The van der Waals surface area contributed by atoms with Crippen LogP contribution in [0.5, 0.6) is 5.75 Å². The van der Waals surface area contributed by atoms with Gasteiger partial charge in [0.15, 0.2) is 0 Å². The van der Waals surface area contributed by atoms with E-state index in [4.69, 9.17) is 4.74 Å². The standard InChI is InChI=1S/C15H23NO2/c1-2-15(12-5-7-13(17)8-6-12)16-10-9-14-4-3-11-18-14/h5-8,14-17H,2-4,9-11H2,1H3. The van der Waals surface area contributed by atoms with Crippen LogP contribution in [0.4, 0.5) is 0 Å². The van der Waals surface area contributed by atoms with E-state index >= 15 is 0 Å². The summed E-state index contributed by atoms with van der Waals surface area (Å²) in [5.74, 6) is 0.327. The number of ether oxygens (including phenoxy) is 1. The molecule has 3 nitrogen and oxygen atoms in total. The predicted molar refractivity (Wildman–Crippen MR) is 72.7 cm³/mol. The average Bonchev–Trinajstić information content (AvgIpc) is 2.89. The topological polar surface area (TPSA) is 41.5 Å². The molecule has 0 saturated carbocycles. The van der Waals surface area contributed by atoms with Crippen molar-refractivity contribution in [2.45, 2.75) is 44.8 Å². The zero-order chi connectivity index (χ0) is 12.8. The Morgan fingerprint density at radius 1 is 1.39 bits per heavy atom. The Kier molecular flexibility index (Phi) is 5.02. The second kappa shape index (κ2) is 6.76. The highest BCUT2D eigenvalue weighted by Crippen LogP contribution is 2.20. The van der Waals surface area contributed by atoms with E-state index in [9.17, 15) is 5.11 Å². The van der Waals surface area contributed by atoms with E-state index in [2.05, 4.69) is 12.2 Å². The quantitative estimate of drug-likeness (QED) is 0.814. The molecule has 1 aliphatic heterocycles. The summed E-state index contributed by atoms with van der Waals surface area (Å²) < 4.78 is 5.62. The van der Waals surface area contributed by atoms with Crippen LogP contribution in [0.15, 0.2) is 24.3 Å². The predicted octanol–water partition coefficient (Wildman–Crippen LogP) is 3.00. The van der Waals surface area contributed by atoms with Crippen molar-refractivity contribution in [3.8, 4) is 5.75 Å². The molecule has 0 spiro atoms. The van der Waals surface area contributed by atoms with Gasteiger partial charge in [-0.3, -0.25) is 0 Å². The molecule has 0 aliphatic carbocycles. The van der Waals surface area contributed by atoms with E-state index in [1.54, 1.807) is 12.1 Å². The third-order valence-electron chi connectivity index (χ3n) is 3.58. The molecule has 1 saturated heterocycles. The van der Waals surface area contributed by atoms with Crippen molar-refractivity contribution < 1.29 is 9.84 Å². The molecular formula is C15H23NO2. The van der Waals surface area contributed by atoms with E-state index in [-0.39, 0.29) is 0 Å². The fourth-order valence-corrected chi connectivity index (χ4v) is 2.50. The lowest BCUT2D eigenvalue weighted by atomic mass is 10.0. The first-order valence-electron chi connectivity index (χ1n) is 6.93. The van der Waals surface area contributed by atoms with Gasteiger partial charge in [0.25, 0.3) is 0 Å². The van der Waals surface area contributed by atoms with Gasteiger partial charge in [-0.05, 0) is 49.9 Å². The second-order valence-electron chi connectivity index (χ2n) is 4.93. The van der Waals surface area contributed by atoms with Gasteiger partial charge in [0.1, 0.15) is 5.75 Å². The molecule has 1 heterocycles. The number of hydrogen-bond donors (Lipinski definition) is 2. The van der Waals surface area contributed by atoms with Crippen LogP contribution in [0.2, 0.25) is 0 Å². The lowest BCUT2D eigenvalue weighted by Crippen LogP contribution is -2.24. The van der Waals surface area contributed by atoms with Crippen molar-refractivity contribution in [2.24, 2.45) is 0 Å². The van der Waals surface area contributed by atoms with E-state index in [0.717, 1.165) is 26.0 Å². The fraction of sp³-hybridized carbons (Fsp3) is 0.600. The second-order valence-corrected chi connectivity index (χ2v) is 4.93. The third kappa shape index (κ3) is 3.72. The molecule has 100 valence electrons. The first kappa shape index (κ1) is 13.4. The first-order chi connectivity index (χ1) is 8.79. The monoisotopic (exact) mass is 249 g/mol. The summed E-state index contributed by atoms with van der Waals surface area (Å²) in [4.78, 5) is 0. The van der Waals surface area contributed by atoms with Crippen LogP contribution in [0.25, 0.3) is 0 Å². The van der Waals surface area contributed by atoms with Crippen molar-refractivity contribution in [3.63, 3.8) is 0 Å². The van der Waals surface area contributed by atoms with Gasteiger partial charge in [-0.15, -0.1) is 0 Å². The van der Waals surface area contributed by atoms with Crippen LogP contribution in [0.3, 0.4) is 0 Å². The van der Waals surface area contributed by atoms with Crippen molar-refractivity contribution in [1.29, 1.82) is 0 Å².